The van der Waals surface area contributed by atoms with Crippen LogP contribution in [0.2, 0.25) is 0 Å². The maximum absolute atomic E-state index is 10.7. The van der Waals surface area contributed by atoms with Gasteiger partial charge in [0.05, 0.1) is 12.2 Å². The van der Waals surface area contributed by atoms with Crippen molar-refractivity contribution in [1.29, 1.82) is 0 Å². The molecule has 0 bridgehead atoms. The molecule has 0 saturated carbocycles. The average Bonchev–Trinajstić information content (AvgIpc) is 2.45. The molecule has 118 valence electrons. The van der Waals surface area contributed by atoms with Gasteiger partial charge in [-0.15, -0.1) is 0 Å². The minimum absolute atomic E-state index is 0.290. The fraction of sp³-hybridized carbons (Fsp3) is 0.611. The largest absolute Gasteiger partial charge is 0.494 e. The minimum atomic E-state index is -0.908. The second-order valence-corrected chi connectivity index (χ2v) is 6.37. The average molecular weight is 292 g/mol. The van der Waals surface area contributed by atoms with Gasteiger partial charge in [0.25, 0.3) is 0 Å². The number of hydrogen-bond acceptors (Lipinski definition) is 2. The number of aromatic carboxylic acids is 1. The monoisotopic (exact) mass is 292 g/mol. The molecule has 0 amide bonds. The van der Waals surface area contributed by atoms with Crippen LogP contribution in [0.4, 0.5) is 0 Å². The molecule has 1 aromatic rings. The number of rotatable bonds is 9. The van der Waals surface area contributed by atoms with Crippen LogP contribution >= 0.6 is 0 Å². The molecule has 1 aromatic carbocycles. The van der Waals surface area contributed by atoms with E-state index >= 15 is 0 Å². The van der Waals surface area contributed by atoms with E-state index in [4.69, 9.17) is 9.84 Å². The molecule has 0 saturated heterocycles. The zero-order valence-corrected chi connectivity index (χ0v) is 13.6. The first kappa shape index (κ1) is 17.5. The summed E-state index contributed by atoms with van der Waals surface area (Å²) in [4.78, 5) is 10.7. The molecule has 0 spiro atoms. The van der Waals surface area contributed by atoms with Crippen molar-refractivity contribution in [3.63, 3.8) is 0 Å². The van der Waals surface area contributed by atoms with E-state index in [-0.39, 0.29) is 0 Å². The van der Waals surface area contributed by atoms with E-state index in [2.05, 4.69) is 27.7 Å². The molecule has 2 atom stereocenters. The standard InChI is InChI=1S/C18H28O3/c1-13(2)15(4)6-5-14(3)11-12-21-17-9-7-16(8-10-17)18(19)20/h7-10,13-15H,5-6,11-12H2,1-4H3,(H,19,20). The highest BCUT2D eigenvalue weighted by Crippen LogP contribution is 2.21. The lowest BCUT2D eigenvalue weighted by Crippen LogP contribution is -2.09. The first-order chi connectivity index (χ1) is 9.90. The highest BCUT2D eigenvalue weighted by molar-refractivity contribution is 5.87. The predicted octanol–water partition coefficient (Wildman–Crippen LogP) is 4.86. The van der Waals surface area contributed by atoms with Gasteiger partial charge >= 0.3 is 5.97 Å². The lowest BCUT2D eigenvalue weighted by atomic mass is 9.89. The highest BCUT2D eigenvalue weighted by atomic mass is 16.5. The summed E-state index contributed by atoms with van der Waals surface area (Å²) in [6.45, 7) is 9.82. The van der Waals surface area contributed by atoms with Crippen molar-refractivity contribution in [2.45, 2.75) is 47.0 Å². The van der Waals surface area contributed by atoms with Crippen LogP contribution in [-0.2, 0) is 0 Å². The SMILES string of the molecule is CC(CCOc1ccc(C(=O)O)cc1)CCC(C)C(C)C. The number of benzene rings is 1. The van der Waals surface area contributed by atoms with Gasteiger partial charge in [-0.2, -0.15) is 0 Å². The van der Waals surface area contributed by atoms with Crippen LogP contribution in [0.5, 0.6) is 5.75 Å². The Morgan fingerprint density at radius 3 is 2.19 bits per heavy atom. The lowest BCUT2D eigenvalue weighted by molar-refractivity contribution is 0.0697. The van der Waals surface area contributed by atoms with Gasteiger partial charge in [0.2, 0.25) is 0 Å². The van der Waals surface area contributed by atoms with Crippen molar-refractivity contribution in [2.75, 3.05) is 6.61 Å². The molecule has 0 heterocycles. The summed E-state index contributed by atoms with van der Waals surface area (Å²) >= 11 is 0. The van der Waals surface area contributed by atoms with Crippen molar-refractivity contribution in [1.82, 2.24) is 0 Å². The number of carboxylic acid groups (broad SMARTS) is 1. The van der Waals surface area contributed by atoms with Gasteiger partial charge in [-0.1, -0.05) is 40.5 Å². The summed E-state index contributed by atoms with van der Waals surface area (Å²) in [6.07, 6.45) is 3.54. The van der Waals surface area contributed by atoms with Crippen molar-refractivity contribution in [3.05, 3.63) is 29.8 Å². The lowest BCUT2D eigenvalue weighted by Gasteiger charge is -2.18. The molecule has 0 aromatic heterocycles. The summed E-state index contributed by atoms with van der Waals surface area (Å²) in [5.74, 6) is 2.01. The molecule has 3 heteroatoms. The van der Waals surface area contributed by atoms with Gasteiger partial charge in [0.15, 0.2) is 0 Å². The molecular weight excluding hydrogens is 264 g/mol. The molecular formula is C18H28O3. The van der Waals surface area contributed by atoms with E-state index in [9.17, 15) is 4.79 Å². The van der Waals surface area contributed by atoms with E-state index in [1.54, 1.807) is 24.3 Å². The molecule has 0 aliphatic heterocycles. The molecule has 0 aliphatic carbocycles. The van der Waals surface area contributed by atoms with Gasteiger partial charge < -0.3 is 9.84 Å². The molecule has 0 radical (unpaired) electrons. The normalized spacial score (nSPS) is 14.0. The summed E-state index contributed by atoms with van der Waals surface area (Å²) in [6, 6.07) is 6.58. The third-order valence-electron chi connectivity index (χ3n) is 4.23. The zero-order valence-electron chi connectivity index (χ0n) is 13.6. The van der Waals surface area contributed by atoms with Crippen LogP contribution in [0, 0.1) is 17.8 Å². The molecule has 2 unspecified atom stereocenters. The second-order valence-electron chi connectivity index (χ2n) is 6.37. The van der Waals surface area contributed by atoms with Crippen LogP contribution in [0.25, 0.3) is 0 Å². The summed E-state index contributed by atoms with van der Waals surface area (Å²) in [5, 5.41) is 8.83. The van der Waals surface area contributed by atoms with Crippen molar-refractivity contribution >= 4 is 5.97 Å². The Bertz CT molecular complexity index is 423. The Labute approximate surface area is 128 Å². The Morgan fingerprint density at radius 2 is 1.67 bits per heavy atom. The minimum Gasteiger partial charge on any atom is -0.494 e. The number of hydrogen-bond donors (Lipinski definition) is 1. The van der Waals surface area contributed by atoms with Crippen LogP contribution < -0.4 is 4.74 Å². The molecule has 3 nitrogen and oxygen atoms in total. The van der Waals surface area contributed by atoms with Gasteiger partial charge in [-0.05, 0) is 48.4 Å². The first-order valence-electron chi connectivity index (χ1n) is 7.86. The Balaban J connectivity index is 2.25. The van der Waals surface area contributed by atoms with E-state index in [0.29, 0.717) is 18.1 Å². The third-order valence-corrected chi connectivity index (χ3v) is 4.23. The topological polar surface area (TPSA) is 46.5 Å². The number of ether oxygens (including phenoxy) is 1. The van der Waals surface area contributed by atoms with Crippen LogP contribution in [0.1, 0.15) is 57.3 Å². The summed E-state index contributed by atoms with van der Waals surface area (Å²) < 4.78 is 5.67. The molecule has 21 heavy (non-hydrogen) atoms. The maximum atomic E-state index is 10.7. The van der Waals surface area contributed by atoms with E-state index in [1.807, 2.05) is 0 Å². The molecule has 1 rings (SSSR count). The fourth-order valence-electron chi connectivity index (χ4n) is 2.10. The summed E-state index contributed by atoms with van der Waals surface area (Å²) in [7, 11) is 0. The first-order valence-corrected chi connectivity index (χ1v) is 7.86. The maximum Gasteiger partial charge on any atom is 0.335 e. The smallest absolute Gasteiger partial charge is 0.335 e. The van der Waals surface area contributed by atoms with Gasteiger partial charge in [0.1, 0.15) is 5.75 Å². The Hall–Kier alpha value is -1.51. The fourth-order valence-corrected chi connectivity index (χ4v) is 2.10. The van der Waals surface area contributed by atoms with Crippen molar-refractivity contribution in [2.24, 2.45) is 17.8 Å². The zero-order chi connectivity index (χ0) is 15.8. The number of carboxylic acids is 1. The van der Waals surface area contributed by atoms with Crippen LogP contribution in [0.15, 0.2) is 24.3 Å². The molecule has 0 aliphatic rings. The van der Waals surface area contributed by atoms with Crippen LogP contribution in [-0.4, -0.2) is 17.7 Å². The number of carbonyl (C=O) groups is 1. The van der Waals surface area contributed by atoms with Gasteiger partial charge in [-0.25, -0.2) is 4.79 Å². The Morgan fingerprint density at radius 1 is 1.05 bits per heavy atom. The van der Waals surface area contributed by atoms with Gasteiger partial charge in [-0.3, -0.25) is 0 Å². The highest BCUT2D eigenvalue weighted by Gasteiger charge is 2.10. The molecule has 1 N–H and O–H groups in total. The quantitative estimate of drug-likeness (QED) is 0.707. The van der Waals surface area contributed by atoms with Crippen molar-refractivity contribution in [3.8, 4) is 5.75 Å². The summed E-state index contributed by atoms with van der Waals surface area (Å²) in [5.41, 5.74) is 0.290. The van der Waals surface area contributed by atoms with Crippen molar-refractivity contribution < 1.29 is 14.6 Å². The van der Waals surface area contributed by atoms with E-state index < -0.39 is 5.97 Å². The molecule has 0 fully saturated rings. The third kappa shape index (κ3) is 6.65. The Kier molecular flexibility index (Phi) is 7.27. The predicted molar refractivity (Wildman–Crippen MR) is 85.9 cm³/mol. The second kappa shape index (κ2) is 8.71. The van der Waals surface area contributed by atoms with E-state index in [1.165, 1.54) is 12.8 Å². The van der Waals surface area contributed by atoms with E-state index in [0.717, 1.165) is 24.0 Å². The van der Waals surface area contributed by atoms with Crippen LogP contribution in [0.3, 0.4) is 0 Å². The van der Waals surface area contributed by atoms with Gasteiger partial charge in [0, 0.05) is 0 Å².